The summed E-state index contributed by atoms with van der Waals surface area (Å²) in [5, 5.41) is 0. The number of ether oxygens (including phenoxy) is 1. The Morgan fingerprint density at radius 2 is 1.90 bits per heavy atom. The number of nitrogen functional groups attached to an aromatic ring is 1. The highest BCUT2D eigenvalue weighted by molar-refractivity contribution is 5.87. The maximum Gasteiger partial charge on any atom is 0.219 e. The zero-order chi connectivity index (χ0) is 21.0. The predicted octanol–water partition coefficient (Wildman–Crippen LogP) is 2.90. The molecule has 3 aromatic heterocycles. The van der Waals surface area contributed by atoms with Gasteiger partial charge >= 0.3 is 0 Å². The molecule has 30 heavy (non-hydrogen) atoms. The number of fused-ring (bicyclic) bond motifs is 3. The Balaban J connectivity index is 1.77. The summed E-state index contributed by atoms with van der Waals surface area (Å²) in [6.07, 6.45) is 6.95. The molecule has 0 atom stereocenters. The third kappa shape index (κ3) is 2.99. The van der Waals surface area contributed by atoms with Crippen molar-refractivity contribution in [1.82, 2.24) is 29.5 Å². The smallest absolute Gasteiger partial charge is 0.219 e. The second kappa shape index (κ2) is 6.87. The van der Waals surface area contributed by atoms with E-state index < -0.39 is 5.60 Å². The largest absolute Gasteiger partial charge is 0.368 e. The molecule has 1 fully saturated rings. The first-order valence-corrected chi connectivity index (χ1v) is 10.6. The van der Waals surface area contributed by atoms with Crippen LogP contribution in [0.5, 0.6) is 0 Å². The molecule has 0 radical (unpaired) electrons. The van der Waals surface area contributed by atoms with E-state index in [1.54, 1.807) is 12.4 Å². The normalized spacial score (nSPS) is 18.4. The molecule has 1 saturated carbocycles. The van der Waals surface area contributed by atoms with E-state index in [2.05, 4.69) is 47.1 Å². The Kier molecular flexibility index (Phi) is 4.39. The summed E-state index contributed by atoms with van der Waals surface area (Å²) < 4.78 is 8.17. The van der Waals surface area contributed by atoms with Gasteiger partial charge < -0.3 is 19.9 Å². The van der Waals surface area contributed by atoms with E-state index >= 15 is 0 Å². The van der Waals surface area contributed by atoms with Gasteiger partial charge in [0.15, 0.2) is 22.8 Å². The van der Waals surface area contributed by atoms with E-state index in [1.165, 1.54) is 19.3 Å². The fraction of sp³-hybridized carbons (Fsp3) is 0.571. The molecule has 3 aromatic rings. The van der Waals surface area contributed by atoms with Crippen LogP contribution in [0.4, 0.5) is 11.8 Å². The van der Waals surface area contributed by atoms with Crippen LogP contribution in [0.25, 0.3) is 22.6 Å². The van der Waals surface area contributed by atoms with Crippen LogP contribution in [0.15, 0.2) is 12.4 Å². The first kappa shape index (κ1) is 19.2. The Morgan fingerprint density at radius 3 is 2.53 bits per heavy atom. The monoisotopic (exact) mass is 408 g/mol. The van der Waals surface area contributed by atoms with E-state index in [0.717, 1.165) is 28.4 Å². The number of anilines is 2. The van der Waals surface area contributed by atoms with E-state index in [0.29, 0.717) is 31.1 Å². The molecular formula is C21H28N8O. The van der Waals surface area contributed by atoms with E-state index in [9.17, 15) is 0 Å². The summed E-state index contributed by atoms with van der Waals surface area (Å²) in [7, 11) is 0. The van der Waals surface area contributed by atoms with Crippen molar-refractivity contribution in [3.63, 3.8) is 0 Å². The molecule has 4 heterocycles. The van der Waals surface area contributed by atoms with Crippen molar-refractivity contribution in [2.45, 2.75) is 71.2 Å². The number of rotatable bonds is 4. The summed E-state index contributed by atoms with van der Waals surface area (Å²) in [4.78, 5) is 25.6. The average molecular weight is 409 g/mol. The van der Waals surface area contributed by atoms with Crippen molar-refractivity contribution in [2.24, 2.45) is 0 Å². The van der Waals surface area contributed by atoms with Crippen LogP contribution in [0.1, 0.15) is 52.8 Å². The second-order valence-electron chi connectivity index (χ2n) is 8.90. The van der Waals surface area contributed by atoms with Gasteiger partial charge in [-0.25, -0.2) is 24.9 Å². The van der Waals surface area contributed by atoms with Gasteiger partial charge in [-0.2, -0.15) is 0 Å². The first-order chi connectivity index (χ1) is 14.3. The summed E-state index contributed by atoms with van der Waals surface area (Å²) >= 11 is 0. The van der Waals surface area contributed by atoms with Crippen molar-refractivity contribution in [3.8, 4) is 11.4 Å². The van der Waals surface area contributed by atoms with Crippen molar-refractivity contribution in [1.29, 1.82) is 0 Å². The van der Waals surface area contributed by atoms with E-state index in [1.807, 2.05) is 0 Å². The van der Waals surface area contributed by atoms with Gasteiger partial charge in [0.05, 0.1) is 12.2 Å². The predicted molar refractivity (Wildman–Crippen MR) is 115 cm³/mol. The van der Waals surface area contributed by atoms with Crippen LogP contribution in [0.3, 0.4) is 0 Å². The Labute approximate surface area is 175 Å². The highest BCUT2D eigenvalue weighted by atomic mass is 16.5. The SMILES string of the molecule is CC(C)N(c1nc(-c2cnc(N)nc2)nc2c1nc1n2CCOC1(C)C)C1CCC1. The molecule has 0 saturated heterocycles. The minimum Gasteiger partial charge on any atom is -0.368 e. The minimum atomic E-state index is -0.472. The molecule has 9 nitrogen and oxygen atoms in total. The van der Waals surface area contributed by atoms with Crippen molar-refractivity contribution in [2.75, 3.05) is 17.2 Å². The number of nitrogens with zero attached hydrogens (tertiary/aromatic N) is 7. The number of aromatic nitrogens is 6. The van der Waals surface area contributed by atoms with Crippen LogP contribution in [0, 0.1) is 0 Å². The van der Waals surface area contributed by atoms with Gasteiger partial charge in [-0.05, 0) is 47.0 Å². The Bertz CT molecular complexity index is 1080. The summed E-state index contributed by atoms with van der Waals surface area (Å²) in [6, 6.07) is 0.772. The molecule has 0 amide bonds. The van der Waals surface area contributed by atoms with Crippen LogP contribution in [-0.2, 0) is 16.9 Å². The van der Waals surface area contributed by atoms with Crippen molar-refractivity contribution >= 4 is 22.9 Å². The zero-order valence-corrected chi connectivity index (χ0v) is 18.0. The molecule has 2 N–H and O–H groups in total. The molecule has 158 valence electrons. The van der Waals surface area contributed by atoms with Gasteiger partial charge in [-0.3, -0.25) is 0 Å². The number of hydrogen-bond acceptors (Lipinski definition) is 8. The molecule has 0 spiro atoms. The van der Waals surface area contributed by atoms with Crippen LogP contribution >= 0.6 is 0 Å². The highest BCUT2D eigenvalue weighted by Crippen LogP contribution is 2.38. The molecule has 1 aliphatic carbocycles. The number of hydrogen-bond donors (Lipinski definition) is 1. The van der Waals surface area contributed by atoms with Gasteiger partial charge in [0.25, 0.3) is 0 Å². The lowest BCUT2D eigenvalue weighted by Gasteiger charge is -2.41. The lowest BCUT2D eigenvalue weighted by molar-refractivity contribution is -0.0530. The highest BCUT2D eigenvalue weighted by Gasteiger charge is 2.36. The summed E-state index contributed by atoms with van der Waals surface area (Å²) in [6.45, 7) is 9.87. The topological polar surface area (TPSA) is 108 Å². The van der Waals surface area contributed by atoms with Gasteiger partial charge in [0.2, 0.25) is 5.95 Å². The maximum atomic E-state index is 6.00. The fourth-order valence-electron chi connectivity index (χ4n) is 4.38. The van der Waals surface area contributed by atoms with Crippen LogP contribution in [0.2, 0.25) is 0 Å². The minimum absolute atomic E-state index is 0.235. The molecule has 2 aliphatic rings. The third-order valence-corrected chi connectivity index (χ3v) is 6.09. The van der Waals surface area contributed by atoms with E-state index in [4.69, 9.17) is 25.4 Å². The van der Waals surface area contributed by atoms with Crippen LogP contribution < -0.4 is 10.6 Å². The lowest BCUT2D eigenvalue weighted by Crippen LogP contribution is -2.45. The van der Waals surface area contributed by atoms with Gasteiger partial charge in [-0.1, -0.05) is 0 Å². The zero-order valence-electron chi connectivity index (χ0n) is 18.0. The van der Waals surface area contributed by atoms with Gasteiger partial charge in [0, 0.05) is 31.0 Å². The van der Waals surface area contributed by atoms with E-state index in [-0.39, 0.29) is 5.95 Å². The average Bonchev–Trinajstić information content (AvgIpc) is 3.05. The molecule has 5 rings (SSSR count). The third-order valence-electron chi connectivity index (χ3n) is 6.09. The summed E-state index contributed by atoms with van der Waals surface area (Å²) in [5.41, 5.74) is 7.63. The number of imidazole rings is 1. The second-order valence-corrected chi connectivity index (χ2v) is 8.90. The van der Waals surface area contributed by atoms with Crippen molar-refractivity contribution < 1.29 is 4.74 Å². The van der Waals surface area contributed by atoms with Crippen molar-refractivity contribution in [3.05, 3.63) is 18.2 Å². The van der Waals surface area contributed by atoms with Gasteiger partial charge in [-0.15, -0.1) is 0 Å². The molecule has 9 heteroatoms. The standard InChI is InChI=1S/C21H28N8O/c1-12(2)29(14-6-5-7-14)18-15-17(28-8-9-30-21(3,4)19(28)25-15)26-16(27-18)13-10-23-20(22)24-11-13/h10-12,14H,5-9H2,1-4H3,(H2,22,23,24). The van der Waals surface area contributed by atoms with Gasteiger partial charge in [0.1, 0.15) is 11.4 Å². The lowest BCUT2D eigenvalue weighted by atomic mass is 9.90. The molecule has 0 bridgehead atoms. The fourth-order valence-corrected chi connectivity index (χ4v) is 4.38. The van der Waals surface area contributed by atoms with Crippen LogP contribution in [-0.4, -0.2) is 48.2 Å². The first-order valence-electron chi connectivity index (χ1n) is 10.6. The Morgan fingerprint density at radius 1 is 1.17 bits per heavy atom. The quantitative estimate of drug-likeness (QED) is 0.702. The molecular weight excluding hydrogens is 380 g/mol. The molecule has 0 unspecified atom stereocenters. The maximum absolute atomic E-state index is 6.00. The summed E-state index contributed by atoms with van der Waals surface area (Å²) in [5.74, 6) is 2.60. The number of nitrogens with two attached hydrogens (primary N) is 1. The molecule has 1 aliphatic heterocycles. The Hall–Kier alpha value is -2.81. The molecule has 0 aromatic carbocycles.